The highest BCUT2D eigenvalue weighted by atomic mass is 16.5. The van der Waals surface area contributed by atoms with Crippen LogP contribution in [0.5, 0.6) is 0 Å². The molecule has 4 nitrogen and oxygen atoms in total. The number of carbonyl (C=O) groups is 1. The van der Waals surface area contributed by atoms with Crippen molar-refractivity contribution in [1.29, 1.82) is 0 Å². The number of hydrogen-bond donors (Lipinski definition) is 2. The molecule has 0 saturated heterocycles. The summed E-state index contributed by atoms with van der Waals surface area (Å²) in [6.07, 6.45) is 4.56. The molecule has 2 rings (SSSR count). The number of esters is 1. The molecule has 0 spiro atoms. The van der Waals surface area contributed by atoms with E-state index in [-0.39, 0.29) is 23.9 Å². The molecular weight excluding hydrogens is 268 g/mol. The summed E-state index contributed by atoms with van der Waals surface area (Å²) in [5.74, 6) is 0.358. The third-order valence-corrected chi connectivity index (χ3v) is 5.16. The van der Waals surface area contributed by atoms with Crippen LogP contribution in [0.25, 0.3) is 0 Å². The zero-order valence-electron chi connectivity index (χ0n) is 13.0. The fraction of sp³-hybridized carbons (Fsp3) is 0.706. The first-order chi connectivity index (χ1) is 9.87. The van der Waals surface area contributed by atoms with Crippen molar-refractivity contribution in [3.8, 4) is 0 Å². The van der Waals surface area contributed by atoms with E-state index >= 15 is 0 Å². The van der Waals surface area contributed by atoms with Gasteiger partial charge in [-0.3, -0.25) is 4.79 Å². The van der Waals surface area contributed by atoms with Crippen LogP contribution in [0, 0.1) is 17.3 Å². The molecule has 0 aromatic heterocycles. The number of fused-ring (bicyclic) bond motifs is 1. The summed E-state index contributed by atoms with van der Waals surface area (Å²) in [6.45, 7) is 8.01. The average Bonchev–Trinajstić information content (AvgIpc) is 2.47. The van der Waals surface area contributed by atoms with Crippen LogP contribution in [0.2, 0.25) is 0 Å². The van der Waals surface area contributed by atoms with E-state index in [1.165, 1.54) is 12.5 Å². The first-order valence-corrected chi connectivity index (χ1v) is 7.66. The van der Waals surface area contributed by atoms with Gasteiger partial charge in [0.2, 0.25) is 0 Å². The van der Waals surface area contributed by atoms with E-state index in [0.29, 0.717) is 24.5 Å². The standard InChI is InChI=1S/C17H26O4/c1-11-5-4-6-13(9-18)16(20)7-15-14(11)8-17(15,3)10-21-12(2)19/h6,14-16,18,20H,1,4-5,7-10H2,2-3H3/b13-6+/t14-,15-,16-,17-/m1/s1. The summed E-state index contributed by atoms with van der Waals surface area (Å²) < 4.78 is 5.21. The monoisotopic (exact) mass is 294 g/mol. The maximum atomic E-state index is 11.1. The minimum Gasteiger partial charge on any atom is -0.465 e. The van der Waals surface area contributed by atoms with Gasteiger partial charge in [0.05, 0.1) is 19.3 Å². The number of aliphatic hydroxyl groups excluding tert-OH is 2. The normalized spacial score (nSPS) is 39.0. The number of carbonyl (C=O) groups excluding carboxylic acids is 1. The summed E-state index contributed by atoms with van der Waals surface area (Å²) in [5.41, 5.74) is 1.80. The molecule has 2 aliphatic carbocycles. The molecule has 0 bridgehead atoms. The minimum atomic E-state index is -0.620. The summed E-state index contributed by atoms with van der Waals surface area (Å²) in [6, 6.07) is 0. The molecule has 0 amide bonds. The lowest BCUT2D eigenvalue weighted by Crippen LogP contribution is -2.51. The smallest absolute Gasteiger partial charge is 0.302 e. The van der Waals surface area contributed by atoms with Gasteiger partial charge in [0.1, 0.15) is 0 Å². The van der Waals surface area contributed by atoms with Gasteiger partial charge in [-0.1, -0.05) is 25.2 Å². The first kappa shape index (κ1) is 16.2. The number of rotatable bonds is 3. The molecule has 21 heavy (non-hydrogen) atoms. The van der Waals surface area contributed by atoms with E-state index in [1.54, 1.807) is 0 Å². The van der Waals surface area contributed by atoms with Gasteiger partial charge in [-0.15, -0.1) is 0 Å². The van der Waals surface area contributed by atoms with E-state index in [9.17, 15) is 15.0 Å². The minimum absolute atomic E-state index is 0.105. The highest BCUT2D eigenvalue weighted by molar-refractivity contribution is 5.65. The molecule has 0 aromatic carbocycles. The maximum Gasteiger partial charge on any atom is 0.302 e. The molecule has 0 aromatic rings. The van der Waals surface area contributed by atoms with Gasteiger partial charge in [0.25, 0.3) is 0 Å². The largest absolute Gasteiger partial charge is 0.465 e. The van der Waals surface area contributed by atoms with E-state index < -0.39 is 6.10 Å². The Hall–Kier alpha value is -1.13. The van der Waals surface area contributed by atoms with Crippen molar-refractivity contribution >= 4 is 5.97 Å². The van der Waals surface area contributed by atoms with Crippen LogP contribution in [0.3, 0.4) is 0 Å². The predicted molar refractivity (Wildman–Crippen MR) is 80.5 cm³/mol. The highest BCUT2D eigenvalue weighted by Crippen LogP contribution is 2.57. The fourth-order valence-electron chi connectivity index (χ4n) is 3.76. The van der Waals surface area contributed by atoms with Crippen molar-refractivity contribution in [2.24, 2.45) is 17.3 Å². The van der Waals surface area contributed by atoms with E-state index in [4.69, 9.17) is 4.74 Å². The highest BCUT2D eigenvalue weighted by Gasteiger charge is 2.52. The van der Waals surface area contributed by atoms with Crippen molar-refractivity contribution in [3.05, 3.63) is 23.8 Å². The Kier molecular flexibility index (Phi) is 4.89. The van der Waals surface area contributed by atoms with Gasteiger partial charge in [-0.2, -0.15) is 0 Å². The third-order valence-electron chi connectivity index (χ3n) is 5.16. The number of allylic oxidation sites excluding steroid dienone is 2. The lowest BCUT2D eigenvalue weighted by atomic mass is 9.51. The molecule has 0 heterocycles. The number of hydrogen-bond acceptors (Lipinski definition) is 4. The van der Waals surface area contributed by atoms with Gasteiger partial charge in [0, 0.05) is 12.3 Å². The van der Waals surface area contributed by atoms with Crippen LogP contribution in [0.15, 0.2) is 23.8 Å². The molecule has 2 N–H and O–H groups in total. The SMILES string of the molecule is C=C1CC/C=C(\CO)[C@H](O)C[C@@H]2[C@@H]1C[C@]2(C)COC(C)=O. The van der Waals surface area contributed by atoms with Gasteiger partial charge in [0.15, 0.2) is 0 Å². The molecule has 4 heteroatoms. The Balaban J connectivity index is 2.14. The topological polar surface area (TPSA) is 66.8 Å². The van der Waals surface area contributed by atoms with E-state index in [1.807, 2.05) is 6.08 Å². The fourth-order valence-corrected chi connectivity index (χ4v) is 3.76. The quantitative estimate of drug-likeness (QED) is 0.618. The molecule has 4 atom stereocenters. The molecule has 0 aliphatic heterocycles. The van der Waals surface area contributed by atoms with Gasteiger partial charge >= 0.3 is 5.97 Å². The predicted octanol–water partition coefficient (Wildman–Crippen LogP) is 2.21. The summed E-state index contributed by atoms with van der Waals surface area (Å²) >= 11 is 0. The molecule has 0 unspecified atom stereocenters. The Morgan fingerprint density at radius 2 is 2.29 bits per heavy atom. The number of ether oxygens (including phenoxy) is 1. The lowest BCUT2D eigenvalue weighted by Gasteiger charge is -2.54. The molecule has 1 saturated carbocycles. The van der Waals surface area contributed by atoms with Crippen molar-refractivity contribution in [2.45, 2.75) is 45.6 Å². The number of aliphatic hydroxyl groups is 2. The van der Waals surface area contributed by atoms with Gasteiger partial charge in [-0.05, 0) is 43.1 Å². The molecule has 0 radical (unpaired) electrons. The summed E-state index contributed by atoms with van der Waals surface area (Å²) in [4.78, 5) is 11.1. The van der Waals surface area contributed by atoms with Crippen molar-refractivity contribution in [3.63, 3.8) is 0 Å². The second kappa shape index (κ2) is 6.32. The zero-order valence-corrected chi connectivity index (χ0v) is 13.0. The molecule has 2 aliphatic rings. The molecule has 1 fully saturated rings. The zero-order chi connectivity index (χ0) is 15.6. The van der Waals surface area contributed by atoms with Crippen molar-refractivity contribution < 1.29 is 19.7 Å². The lowest BCUT2D eigenvalue weighted by molar-refractivity contribution is -0.153. The van der Waals surface area contributed by atoms with E-state index in [0.717, 1.165) is 19.3 Å². The van der Waals surface area contributed by atoms with Crippen LogP contribution >= 0.6 is 0 Å². The van der Waals surface area contributed by atoms with Crippen molar-refractivity contribution in [2.75, 3.05) is 13.2 Å². The van der Waals surface area contributed by atoms with Crippen molar-refractivity contribution in [1.82, 2.24) is 0 Å². The molecular formula is C17H26O4. The Bertz CT molecular complexity index is 454. The third kappa shape index (κ3) is 3.38. The first-order valence-electron chi connectivity index (χ1n) is 7.66. The Morgan fingerprint density at radius 1 is 1.57 bits per heavy atom. The van der Waals surface area contributed by atoms with Crippen LogP contribution in [-0.4, -0.2) is 35.5 Å². The summed E-state index contributed by atoms with van der Waals surface area (Å²) in [5, 5.41) is 19.7. The Morgan fingerprint density at radius 3 is 2.90 bits per heavy atom. The van der Waals surface area contributed by atoms with E-state index in [2.05, 4.69) is 13.5 Å². The van der Waals surface area contributed by atoms with Gasteiger partial charge in [-0.25, -0.2) is 0 Å². The maximum absolute atomic E-state index is 11.1. The summed E-state index contributed by atoms with van der Waals surface area (Å²) in [7, 11) is 0. The second-order valence-corrected chi connectivity index (χ2v) is 6.74. The van der Waals surface area contributed by atoms with Gasteiger partial charge < -0.3 is 14.9 Å². The van der Waals surface area contributed by atoms with Crippen LogP contribution < -0.4 is 0 Å². The van der Waals surface area contributed by atoms with Crippen LogP contribution in [-0.2, 0) is 9.53 Å². The molecule has 118 valence electrons. The van der Waals surface area contributed by atoms with Crippen LogP contribution in [0.1, 0.15) is 39.5 Å². The second-order valence-electron chi connectivity index (χ2n) is 6.74. The Labute approximate surface area is 126 Å². The van der Waals surface area contributed by atoms with Crippen LogP contribution in [0.4, 0.5) is 0 Å². The average molecular weight is 294 g/mol.